The summed E-state index contributed by atoms with van der Waals surface area (Å²) in [5.74, 6) is -0.991. The van der Waals surface area contributed by atoms with E-state index < -0.39 is 5.97 Å². The lowest BCUT2D eigenvalue weighted by molar-refractivity contribution is -0.142. The van der Waals surface area contributed by atoms with Crippen molar-refractivity contribution in [3.05, 3.63) is 0 Å². The normalized spacial score (nSPS) is 11.5. The van der Waals surface area contributed by atoms with E-state index in [4.69, 9.17) is 52.5 Å². The van der Waals surface area contributed by atoms with Crippen LogP contribution in [0.15, 0.2) is 0 Å². The van der Waals surface area contributed by atoms with Crippen LogP contribution in [0.2, 0.25) is 0 Å². The fourth-order valence-electron chi connectivity index (χ4n) is 3.83. The maximum atomic E-state index is 10.3. The van der Waals surface area contributed by atoms with Gasteiger partial charge in [-0.15, -0.1) is 0 Å². The number of hydrogen-bond donors (Lipinski definition) is 1. The zero-order chi connectivity index (χ0) is 31.9. The third kappa shape index (κ3) is 41.1. The van der Waals surface area contributed by atoms with Gasteiger partial charge < -0.3 is 52.5 Å². The molecule has 0 fully saturated rings. The standard InChI is InChI=1S/C32H64O12/c1-2-3-4-5-6-7-8-9-10-11-12-35-13-14-36-15-16-37-17-18-38-19-20-39-21-22-40-23-24-41-25-26-42-27-28-43-29-30-44-31-32(33)34/h2-31H2,1H3,(H,33,34). The summed E-state index contributed by atoms with van der Waals surface area (Å²) in [4.78, 5) is 10.3. The van der Waals surface area contributed by atoms with E-state index in [2.05, 4.69) is 6.92 Å². The van der Waals surface area contributed by atoms with Crippen molar-refractivity contribution >= 4 is 5.97 Å². The molecular weight excluding hydrogens is 576 g/mol. The molecule has 0 unspecified atom stereocenters. The molecule has 0 saturated heterocycles. The number of aliphatic carboxylic acids is 1. The van der Waals surface area contributed by atoms with Crippen LogP contribution in [0.5, 0.6) is 0 Å². The van der Waals surface area contributed by atoms with Crippen molar-refractivity contribution in [1.29, 1.82) is 0 Å². The predicted octanol–water partition coefficient (Wildman–Crippen LogP) is 4.16. The quantitative estimate of drug-likeness (QED) is 0.0966. The molecule has 264 valence electrons. The van der Waals surface area contributed by atoms with E-state index in [-0.39, 0.29) is 13.2 Å². The van der Waals surface area contributed by atoms with E-state index in [1.807, 2.05) is 0 Å². The van der Waals surface area contributed by atoms with Crippen molar-refractivity contribution in [2.75, 3.05) is 132 Å². The number of rotatable bonds is 40. The summed E-state index contributed by atoms with van der Waals surface area (Å²) in [6.45, 7) is 11.6. The monoisotopic (exact) mass is 640 g/mol. The van der Waals surface area contributed by atoms with Crippen molar-refractivity contribution < 1.29 is 57.3 Å². The summed E-state index contributed by atoms with van der Waals surface area (Å²) in [5, 5.41) is 8.42. The number of unbranched alkanes of at least 4 members (excludes halogenated alkanes) is 9. The van der Waals surface area contributed by atoms with Gasteiger partial charge in [0, 0.05) is 6.61 Å². The SMILES string of the molecule is CCCCCCCCCCCCOCCOCCOCCOCCOCCOCCOCCOCCOCCOCC(=O)O. The van der Waals surface area contributed by atoms with Gasteiger partial charge in [0.05, 0.1) is 119 Å². The number of carboxylic acid groups (broad SMARTS) is 1. The zero-order valence-electron chi connectivity index (χ0n) is 27.7. The molecule has 0 aliphatic rings. The summed E-state index contributed by atoms with van der Waals surface area (Å²) in [7, 11) is 0. The summed E-state index contributed by atoms with van der Waals surface area (Å²) in [5.41, 5.74) is 0. The first kappa shape index (κ1) is 43.1. The number of ether oxygens (including phenoxy) is 10. The Morgan fingerprint density at radius 3 is 0.841 bits per heavy atom. The van der Waals surface area contributed by atoms with E-state index in [9.17, 15) is 4.79 Å². The Morgan fingerprint density at radius 1 is 0.341 bits per heavy atom. The Balaban J connectivity index is 3.04. The molecule has 12 heteroatoms. The highest BCUT2D eigenvalue weighted by molar-refractivity contribution is 5.67. The molecule has 44 heavy (non-hydrogen) atoms. The van der Waals surface area contributed by atoms with Gasteiger partial charge in [0.25, 0.3) is 0 Å². The lowest BCUT2D eigenvalue weighted by atomic mass is 10.1. The molecule has 0 rings (SSSR count). The minimum atomic E-state index is -0.991. The van der Waals surface area contributed by atoms with Gasteiger partial charge in [-0.1, -0.05) is 64.7 Å². The largest absolute Gasteiger partial charge is 0.480 e. The minimum absolute atomic E-state index is 0.247. The molecule has 12 nitrogen and oxygen atoms in total. The fraction of sp³-hybridized carbons (Fsp3) is 0.969. The van der Waals surface area contributed by atoms with Crippen LogP contribution < -0.4 is 0 Å². The average molecular weight is 641 g/mol. The van der Waals surface area contributed by atoms with Gasteiger partial charge in [-0.2, -0.15) is 0 Å². The van der Waals surface area contributed by atoms with Crippen molar-refractivity contribution in [3.63, 3.8) is 0 Å². The van der Waals surface area contributed by atoms with Gasteiger partial charge in [-0.05, 0) is 6.42 Å². The Morgan fingerprint density at radius 2 is 0.568 bits per heavy atom. The number of carbonyl (C=O) groups is 1. The second-order valence-corrected chi connectivity index (χ2v) is 10.1. The summed E-state index contributed by atoms with van der Waals surface area (Å²) in [6.07, 6.45) is 13.4. The molecule has 0 aliphatic carbocycles. The first-order valence-corrected chi connectivity index (χ1v) is 16.8. The lowest BCUT2D eigenvalue weighted by Gasteiger charge is -2.09. The topological polar surface area (TPSA) is 130 Å². The number of hydrogen-bond acceptors (Lipinski definition) is 11. The molecular formula is C32H64O12. The third-order valence-electron chi connectivity index (χ3n) is 6.22. The van der Waals surface area contributed by atoms with Gasteiger partial charge >= 0.3 is 5.97 Å². The van der Waals surface area contributed by atoms with Gasteiger partial charge in [0.2, 0.25) is 0 Å². The molecule has 0 aromatic heterocycles. The highest BCUT2D eigenvalue weighted by Crippen LogP contribution is 2.10. The lowest BCUT2D eigenvalue weighted by Crippen LogP contribution is -2.15. The fourth-order valence-corrected chi connectivity index (χ4v) is 3.83. The van der Waals surface area contributed by atoms with Crippen LogP contribution in [0.3, 0.4) is 0 Å². The van der Waals surface area contributed by atoms with Crippen molar-refractivity contribution in [3.8, 4) is 0 Å². The first-order valence-electron chi connectivity index (χ1n) is 16.8. The molecule has 0 atom stereocenters. The zero-order valence-corrected chi connectivity index (χ0v) is 27.7. The van der Waals surface area contributed by atoms with Crippen LogP contribution in [-0.2, 0) is 52.2 Å². The molecule has 1 N–H and O–H groups in total. The van der Waals surface area contributed by atoms with Crippen LogP contribution in [0.4, 0.5) is 0 Å². The molecule has 0 bridgehead atoms. The number of carboxylic acids is 1. The molecule has 0 saturated carbocycles. The first-order chi connectivity index (χ1) is 21.8. The molecule has 0 aromatic rings. The molecule has 0 amide bonds. The molecule has 0 aliphatic heterocycles. The van der Waals surface area contributed by atoms with Gasteiger partial charge in [0.15, 0.2) is 0 Å². The smallest absolute Gasteiger partial charge is 0.329 e. The Bertz CT molecular complexity index is 541. The maximum Gasteiger partial charge on any atom is 0.329 e. The third-order valence-corrected chi connectivity index (χ3v) is 6.22. The van der Waals surface area contributed by atoms with Gasteiger partial charge in [-0.3, -0.25) is 0 Å². The van der Waals surface area contributed by atoms with E-state index >= 15 is 0 Å². The van der Waals surface area contributed by atoms with Gasteiger partial charge in [0.1, 0.15) is 6.61 Å². The maximum absolute atomic E-state index is 10.3. The highest BCUT2D eigenvalue weighted by Gasteiger charge is 1.98. The van der Waals surface area contributed by atoms with Crippen molar-refractivity contribution in [2.45, 2.75) is 71.1 Å². The predicted molar refractivity (Wildman–Crippen MR) is 168 cm³/mol. The Labute approximate surface area is 266 Å². The Kier molecular flexibility index (Phi) is 39.2. The van der Waals surface area contributed by atoms with Crippen LogP contribution >= 0.6 is 0 Å². The van der Waals surface area contributed by atoms with E-state index in [1.54, 1.807) is 0 Å². The Hall–Kier alpha value is -0.930. The van der Waals surface area contributed by atoms with Crippen LogP contribution in [0, 0.1) is 0 Å². The summed E-state index contributed by atoms with van der Waals surface area (Å²) >= 11 is 0. The molecule has 0 heterocycles. The molecule has 0 aromatic carbocycles. The van der Waals surface area contributed by atoms with Crippen LogP contribution in [0.1, 0.15) is 71.1 Å². The summed E-state index contributed by atoms with van der Waals surface area (Å²) < 4.78 is 54.0. The summed E-state index contributed by atoms with van der Waals surface area (Å²) in [6, 6.07) is 0. The average Bonchev–Trinajstić information content (AvgIpc) is 3.02. The second-order valence-electron chi connectivity index (χ2n) is 10.1. The van der Waals surface area contributed by atoms with E-state index in [1.165, 1.54) is 57.8 Å². The van der Waals surface area contributed by atoms with E-state index in [0.29, 0.717) is 112 Å². The second kappa shape index (κ2) is 40.1. The molecule has 0 radical (unpaired) electrons. The minimum Gasteiger partial charge on any atom is -0.480 e. The van der Waals surface area contributed by atoms with E-state index in [0.717, 1.165) is 13.0 Å². The van der Waals surface area contributed by atoms with Gasteiger partial charge in [-0.25, -0.2) is 4.79 Å². The van der Waals surface area contributed by atoms with Crippen LogP contribution in [-0.4, -0.2) is 143 Å². The van der Waals surface area contributed by atoms with Crippen LogP contribution in [0.25, 0.3) is 0 Å². The highest BCUT2D eigenvalue weighted by atomic mass is 16.6. The molecule has 0 spiro atoms. The van der Waals surface area contributed by atoms with Crippen molar-refractivity contribution in [2.24, 2.45) is 0 Å². The van der Waals surface area contributed by atoms with Crippen molar-refractivity contribution in [1.82, 2.24) is 0 Å².